The number of sulfonamides is 1. The lowest BCUT2D eigenvalue weighted by molar-refractivity contribution is -0.118. The predicted octanol–water partition coefficient (Wildman–Crippen LogP) is 0.539. The van der Waals surface area contributed by atoms with Crippen molar-refractivity contribution >= 4 is 15.8 Å². The van der Waals surface area contributed by atoms with E-state index in [0.29, 0.717) is 12.3 Å². The fraction of sp³-hybridized carbons (Fsp3) is 0.875. The van der Waals surface area contributed by atoms with E-state index in [1.807, 2.05) is 13.8 Å². The summed E-state index contributed by atoms with van der Waals surface area (Å²) in [6, 6.07) is -0.574. The molecule has 4 nitrogen and oxygen atoms in total. The first-order chi connectivity index (χ1) is 5.72. The van der Waals surface area contributed by atoms with Crippen molar-refractivity contribution in [3.63, 3.8) is 0 Å². The first-order valence-corrected chi connectivity index (χ1v) is 6.09. The highest BCUT2D eigenvalue weighted by atomic mass is 32.2. The minimum Gasteiger partial charge on any atom is -0.298 e. The standard InChI is InChI=1S/C8H17NO3S/c1-6(2)5-8(7(3)10)9-13(4,11)12/h6,8-9H,5H2,1-4H3. The Labute approximate surface area is 79.8 Å². The molecule has 1 atom stereocenters. The van der Waals surface area contributed by atoms with E-state index in [1.165, 1.54) is 6.92 Å². The molecule has 78 valence electrons. The molecule has 0 rings (SSSR count). The number of rotatable bonds is 5. The van der Waals surface area contributed by atoms with Crippen LogP contribution >= 0.6 is 0 Å². The monoisotopic (exact) mass is 207 g/mol. The van der Waals surface area contributed by atoms with Gasteiger partial charge in [-0.05, 0) is 19.3 Å². The minimum atomic E-state index is -3.28. The van der Waals surface area contributed by atoms with Crippen molar-refractivity contribution in [3.8, 4) is 0 Å². The molecule has 0 aliphatic carbocycles. The van der Waals surface area contributed by atoms with Gasteiger partial charge in [-0.25, -0.2) is 13.1 Å². The molecule has 0 radical (unpaired) electrons. The van der Waals surface area contributed by atoms with Crippen molar-refractivity contribution < 1.29 is 13.2 Å². The molecular weight excluding hydrogens is 190 g/mol. The van der Waals surface area contributed by atoms with E-state index in [9.17, 15) is 13.2 Å². The van der Waals surface area contributed by atoms with Crippen LogP contribution in [0.25, 0.3) is 0 Å². The molecule has 0 bridgehead atoms. The second-order valence-corrected chi connectivity index (χ2v) is 5.46. The Kier molecular flexibility index (Phi) is 4.56. The molecule has 0 aromatic heterocycles. The van der Waals surface area contributed by atoms with Crippen LogP contribution in [-0.2, 0) is 14.8 Å². The molecule has 0 heterocycles. The number of nitrogens with one attached hydrogen (secondary N) is 1. The lowest BCUT2D eigenvalue weighted by atomic mass is 10.0. The smallest absolute Gasteiger partial charge is 0.209 e. The van der Waals surface area contributed by atoms with Crippen LogP contribution in [0.4, 0.5) is 0 Å². The fourth-order valence-corrected chi connectivity index (χ4v) is 1.81. The van der Waals surface area contributed by atoms with Crippen LogP contribution in [0.3, 0.4) is 0 Å². The van der Waals surface area contributed by atoms with Gasteiger partial charge in [-0.1, -0.05) is 13.8 Å². The normalized spacial score (nSPS) is 14.5. The highest BCUT2D eigenvalue weighted by molar-refractivity contribution is 7.88. The third kappa shape index (κ3) is 6.72. The Morgan fingerprint density at radius 1 is 1.38 bits per heavy atom. The van der Waals surface area contributed by atoms with Gasteiger partial charge in [-0.15, -0.1) is 0 Å². The second-order valence-electron chi connectivity index (χ2n) is 3.68. The first kappa shape index (κ1) is 12.6. The average molecular weight is 207 g/mol. The SMILES string of the molecule is CC(=O)C(CC(C)C)NS(C)(=O)=O. The van der Waals surface area contributed by atoms with E-state index in [1.54, 1.807) is 0 Å². The van der Waals surface area contributed by atoms with Crippen molar-refractivity contribution in [3.05, 3.63) is 0 Å². The average Bonchev–Trinajstić information content (AvgIpc) is 1.81. The number of ketones is 1. The molecule has 0 spiro atoms. The lowest BCUT2D eigenvalue weighted by Gasteiger charge is -2.16. The zero-order valence-corrected chi connectivity index (χ0v) is 9.31. The van der Waals surface area contributed by atoms with Crippen LogP contribution in [0.1, 0.15) is 27.2 Å². The van der Waals surface area contributed by atoms with Gasteiger partial charge in [-0.2, -0.15) is 0 Å². The van der Waals surface area contributed by atoms with E-state index in [0.717, 1.165) is 6.26 Å². The van der Waals surface area contributed by atoms with Crippen molar-refractivity contribution in [1.29, 1.82) is 0 Å². The van der Waals surface area contributed by atoms with Gasteiger partial charge in [0.05, 0.1) is 12.3 Å². The molecule has 0 saturated carbocycles. The maximum atomic E-state index is 11.0. The number of hydrogen-bond acceptors (Lipinski definition) is 3. The molecule has 0 fully saturated rings. The summed E-state index contributed by atoms with van der Waals surface area (Å²) in [5.74, 6) is 0.155. The van der Waals surface area contributed by atoms with Gasteiger partial charge in [0.15, 0.2) is 0 Å². The summed E-state index contributed by atoms with van der Waals surface area (Å²) >= 11 is 0. The Morgan fingerprint density at radius 3 is 2.08 bits per heavy atom. The molecule has 0 saturated heterocycles. The third-order valence-corrected chi connectivity index (χ3v) is 2.27. The Bertz CT molecular complexity index is 269. The van der Waals surface area contributed by atoms with Gasteiger partial charge >= 0.3 is 0 Å². The molecule has 0 aliphatic rings. The highest BCUT2D eigenvalue weighted by Crippen LogP contribution is 2.06. The molecule has 1 unspecified atom stereocenters. The second kappa shape index (κ2) is 4.72. The summed E-state index contributed by atoms with van der Waals surface area (Å²) in [7, 11) is -3.28. The van der Waals surface area contributed by atoms with E-state index >= 15 is 0 Å². The molecule has 5 heteroatoms. The number of carbonyl (C=O) groups is 1. The van der Waals surface area contributed by atoms with Crippen molar-refractivity contribution in [2.24, 2.45) is 5.92 Å². The van der Waals surface area contributed by atoms with E-state index in [2.05, 4.69) is 4.72 Å². The van der Waals surface area contributed by atoms with Gasteiger partial charge in [-0.3, -0.25) is 4.79 Å². The van der Waals surface area contributed by atoms with E-state index < -0.39 is 16.1 Å². The van der Waals surface area contributed by atoms with E-state index in [4.69, 9.17) is 0 Å². The molecule has 1 N–H and O–H groups in total. The zero-order chi connectivity index (χ0) is 10.6. The molecular formula is C8H17NO3S. The highest BCUT2D eigenvalue weighted by Gasteiger charge is 2.19. The van der Waals surface area contributed by atoms with Crippen LogP contribution in [-0.4, -0.2) is 26.5 Å². The van der Waals surface area contributed by atoms with Crippen molar-refractivity contribution in [1.82, 2.24) is 4.72 Å². The molecule has 13 heavy (non-hydrogen) atoms. The molecule has 0 aromatic carbocycles. The largest absolute Gasteiger partial charge is 0.298 e. The topological polar surface area (TPSA) is 63.2 Å². The molecule has 0 aromatic rings. The predicted molar refractivity (Wildman–Crippen MR) is 51.9 cm³/mol. The third-order valence-electron chi connectivity index (χ3n) is 1.55. The summed E-state index contributed by atoms with van der Waals surface area (Å²) in [6.07, 6.45) is 1.60. The van der Waals surface area contributed by atoms with Crippen LogP contribution in [0.15, 0.2) is 0 Å². The maximum Gasteiger partial charge on any atom is 0.209 e. The van der Waals surface area contributed by atoms with Crippen LogP contribution in [0, 0.1) is 5.92 Å². The molecule has 0 amide bonds. The van der Waals surface area contributed by atoms with Crippen LogP contribution < -0.4 is 4.72 Å². The van der Waals surface area contributed by atoms with Gasteiger partial charge in [0.2, 0.25) is 10.0 Å². The summed E-state index contributed by atoms with van der Waals surface area (Å²) in [5.41, 5.74) is 0. The summed E-state index contributed by atoms with van der Waals surface area (Å²) in [4.78, 5) is 11.0. The van der Waals surface area contributed by atoms with Crippen molar-refractivity contribution in [2.45, 2.75) is 33.2 Å². The summed E-state index contributed by atoms with van der Waals surface area (Å²) in [5, 5.41) is 0. The van der Waals surface area contributed by atoms with Crippen molar-refractivity contribution in [2.75, 3.05) is 6.26 Å². The van der Waals surface area contributed by atoms with Gasteiger partial charge in [0, 0.05) is 0 Å². The van der Waals surface area contributed by atoms with Crippen LogP contribution in [0.2, 0.25) is 0 Å². The summed E-state index contributed by atoms with van der Waals surface area (Å²) < 4.78 is 24.0. The van der Waals surface area contributed by atoms with Gasteiger partial charge in [0.25, 0.3) is 0 Å². The fourth-order valence-electron chi connectivity index (χ4n) is 1.03. The van der Waals surface area contributed by atoms with Crippen LogP contribution in [0.5, 0.6) is 0 Å². The summed E-state index contributed by atoms with van der Waals surface area (Å²) in [6.45, 7) is 5.28. The minimum absolute atomic E-state index is 0.140. The molecule has 0 aliphatic heterocycles. The Morgan fingerprint density at radius 2 is 1.85 bits per heavy atom. The number of hydrogen-bond donors (Lipinski definition) is 1. The first-order valence-electron chi connectivity index (χ1n) is 4.20. The number of Topliss-reactive ketones (excluding diaryl/α,β-unsaturated/α-hetero) is 1. The van der Waals surface area contributed by atoms with E-state index in [-0.39, 0.29) is 5.78 Å². The Balaban J connectivity index is 4.37. The maximum absolute atomic E-state index is 11.0. The van der Waals surface area contributed by atoms with Gasteiger partial charge < -0.3 is 0 Å². The quantitative estimate of drug-likeness (QED) is 0.715. The zero-order valence-electron chi connectivity index (χ0n) is 8.49. The Hall–Kier alpha value is -0.420. The number of carbonyl (C=O) groups excluding carboxylic acids is 1. The lowest BCUT2D eigenvalue weighted by Crippen LogP contribution is -2.39. The van der Waals surface area contributed by atoms with Gasteiger partial charge in [0.1, 0.15) is 5.78 Å².